The molecule has 7 heteroatoms. The van der Waals surface area contributed by atoms with Crippen LogP contribution in [0.25, 0.3) is 0 Å². The van der Waals surface area contributed by atoms with E-state index in [-0.39, 0.29) is 11.7 Å². The number of nitrogens with two attached hydrogens (primary N) is 1. The van der Waals surface area contributed by atoms with Gasteiger partial charge in [0.05, 0.1) is 0 Å². The molecule has 0 atom stereocenters. The topological polar surface area (TPSA) is 60.2 Å². The molecule has 0 bridgehead atoms. The number of hydrazine groups is 1. The summed E-state index contributed by atoms with van der Waals surface area (Å²) in [5.41, 5.74) is 2.03. The average Bonchev–Trinajstić information content (AvgIpc) is 2.33. The van der Waals surface area contributed by atoms with Gasteiger partial charge < -0.3 is 10.2 Å². The van der Waals surface area contributed by atoms with Gasteiger partial charge in [-0.05, 0) is 40.8 Å². The molecule has 0 amide bonds. The van der Waals surface area contributed by atoms with Gasteiger partial charge in [0.15, 0.2) is 17.5 Å². The summed E-state index contributed by atoms with van der Waals surface area (Å²) < 4.78 is 32.7. The van der Waals surface area contributed by atoms with Gasteiger partial charge in [-0.15, -0.1) is 0 Å². The minimum Gasteiger partial charge on any atom is -0.436 e. The summed E-state index contributed by atoms with van der Waals surface area (Å²) in [6.45, 7) is 0. The second kappa shape index (κ2) is 5.44. The van der Waals surface area contributed by atoms with Crippen LogP contribution in [0.2, 0.25) is 0 Å². The molecule has 0 saturated carbocycles. The largest absolute Gasteiger partial charge is 0.436 e. The summed E-state index contributed by atoms with van der Waals surface area (Å²) in [4.78, 5) is 3.60. The highest BCUT2D eigenvalue weighted by molar-refractivity contribution is 14.1. The molecule has 0 aliphatic rings. The third-order valence-corrected chi connectivity index (χ3v) is 2.72. The molecule has 1 aromatic heterocycles. The summed E-state index contributed by atoms with van der Waals surface area (Å²) in [7, 11) is 0. The molecular formula is C11H8F2IN3O. The zero-order valence-corrected chi connectivity index (χ0v) is 11.1. The maximum Gasteiger partial charge on any atom is 0.258 e. The van der Waals surface area contributed by atoms with E-state index in [0.29, 0.717) is 11.8 Å². The van der Waals surface area contributed by atoms with Crippen molar-refractivity contribution in [1.82, 2.24) is 4.98 Å². The maximum atomic E-state index is 13.5. The van der Waals surface area contributed by atoms with Gasteiger partial charge in [-0.2, -0.15) is 4.98 Å². The SMILES string of the molecule is NNc1nc(Oc2cccc(I)c2)c(F)cc1F. The number of halogens is 3. The highest BCUT2D eigenvalue weighted by Gasteiger charge is 2.13. The van der Waals surface area contributed by atoms with Crippen LogP contribution in [0.15, 0.2) is 30.3 Å². The van der Waals surface area contributed by atoms with E-state index in [1.54, 1.807) is 18.2 Å². The van der Waals surface area contributed by atoms with Crippen LogP contribution in [0, 0.1) is 15.2 Å². The highest BCUT2D eigenvalue weighted by atomic mass is 127. The predicted octanol–water partition coefficient (Wildman–Crippen LogP) is 3.04. The Morgan fingerprint density at radius 1 is 1.22 bits per heavy atom. The first-order valence-corrected chi connectivity index (χ1v) is 5.94. The quantitative estimate of drug-likeness (QED) is 0.500. The maximum absolute atomic E-state index is 13.5. The van der Waals surface area contributed by atoms with Crippen molar-refractivity contribution in [1.29, 1.82) is 0 Å². The van der Waals surface area contributed by atoms with E-state index in [9.17, 15) is 8.78 Å². The first-order chi connectivity index (χ1) is 8.60. The number of hydrogen-bond acceptors (Lipinski definition) is 4. The average molecular weight is 363 g/mol. The molecule has 0 saturated heterocycles. The molecule has 3 N–H and O–H groups in total. The van der Waals surface area contributed by atoms with Crippen LogP contribution in [0.3, 0.4) is 0 Å². The van der Waals surface area contributed by atoms with E-state index in [1.165, 1.54) is 0 Å². The summed E-state index contributed by atoms with van der Waals surface area (Å²) in [6, 6.07) is 7.60. The van der Waals surface area contributed by atoms with Gasteiger partial charge in [-0.25, -0.2) is 14.6 Å². The van der Waals surface area contributed by atoms with Crippen LogP contribution in [-0.2, 0) is 0 Å². The van der Waals surface area contributed by atoms with Gasteiger partial charge in [0.25, 0.3) is 5.88 Å². The number of anilines is 1. The van der Waals surface area contributed by atoms with Crippen LogP contribution in [0.4, 0.5) is 14.6 Å². The molecule has 0 fully saturated rings. The first kappa shape index (κ1) is 13.0. The highest BCUT2D eigenvalue weighted by Crippen LogP contribution is 2.26. The Balaban J connectivity index is 2.34. The number of aromatic nitrogens is 1. The Bertz CT molecular complexity index is 580. The minimum atomic E-state index is -0.898. The molecule has 0 radical (unpaired) electrons. The van der Waals surface area contributed by atoms with E-state index in [0.717, 1.165) is 3.57 Å². The van der Waals surface area contributed by atoms with Crippen molar-refractivity contribution >= 4 is 28.4 Å². The third-order valence-electron chi connectivity index (χ3n) is 2.04. The Morgan fingerprint density at radius 2 is 2.00 bits per heavy atom. The molecular weight excluding hydrogens is 355 g/mol. The van der Waals surface area contributed by atoms with Crippen molar-refractivity contribution in [3.8, 4) is 11.6 Å². The van der Waals surface area contributed by atoms with Gasteiger partial charge in [-0.3, -0.25) is 0 Å². The molecule has 2 rings (SSSR count). The molecule has 94 valence electrons. The molecule has 0 aliphatic carbocycles. The second-order valence-electron chi connectivity index (χ2n) is 3.31. The van der Waals surface area contributed by atoms with Crippen molar-refractivity contribution in [3.05, 3.63) is 45.5 Å². The summed E-state index contributed by atoms with van der Waals surface area (Å²) in [6.07, 6.45) is 0. The predicted molar refractivity (Wildman–Crippen MR) is 71.2 cm³/mol. The molecule has 2 aromatic rings. The van der Waals surface area contributed by atoms with Crippen molar-refractivity contribution < 1.29 is 13.5 Å². The Morgan fingerprint density at radius 3 is 2.67 bits per heavy atom. The van der Waals surface area contributed by atoms with Crippen molar-refractivity contribution in [2.75, 3.05) is 5.43 Å². The van der Waals surface area contributed by atoms with Crippen LogP contribution < -0.4 is 16.0 Å². The molecule has 4 nitrogen and oxygen atoms in total. The fraction of sp³-hybridized carbons (Fsp3) is 0. The smallest absolute Gasteiger partial charge is 0.258 e. The number of nitrogens with zero attached hydrogens (tertiary/aromatic N) is 1. The molecule has 1 aromatic carbocycles. The van der Waals surface area contributed by atoms with E-state index in [4.69, 9.17) is 10.6 Å². The van der Waals surface area contributed by atoms with Gasteiger partial charge in [0.2, 0.25) is 0 Å². The normalized spacial score (nSPS) is 10.2. The second-order valence-corrected chi connectivity index (χ2v) is 4.56. The van der Waals surface area contributed by atoms with Gasteiger partial charge >= 0.3 is 0 Å². The number of hydrogen-bond donors (Lipinski definition) is 2. The van der Waals surface area contributed by atoms with E-state index in [2.05, 4.69) is 27.6 Å². The number of pyridine rings is 1. The van der Waals surface area contributed by atoms with E-state index in [1.807, 2.05) is 11.5 Å². The lowest BCUT2D eigenvalue weighted by molar-refractivity contribution is 0.418. The number of nitrogen functional groups attached to an aromatic ring is 1. The lowest BCUT2D eigenvalue weighted by Gasteiger charge is -2.08. The number of nitrogens with one attached hydrogen (secondary N) is 1. The van der Waals surface area contributed by atoms with Crippen molar-refractivity contribution in [2.24, 2.45) is 5.84 Å². The standard InChI is InChI=1S/C11H8F2IN3O/c12-8-5-9(13)11(16-10(8)17-15)18-7-3-1-2-6(14)4-7/h1-5H,15H2,(H,16,17). The lowest BCUT2D eigenvalue weighted by atomic mass is 10.3. The molecule has 1 heterocycles. The Labute approximate surface area is 115 Å². The zero-order valence-electron chi connectivity index (χ0n) is 8.95. The van der Waals surface area contributed by atoms with Crippen LogP contribution in [-0.4, -0.2) is 4.98 Å². The molecule has 0 spiro atoms. The van der Waals surface area contributed by atoms with E-state index >= 15 is 0 Å². The van der Waals surface area contributed by atoms with Crippen LogP contribution in [0.1, 0.15) is 0 Å². The number of benzene rings is 1. The van der Waals surface area contributed by atoms with Crippen LogP contribution in [0.5, 0.6) is 11.6 Å². The summed E-state index contributed by atoms with van der Waals surface area (Å²) in [5.74, 6) is 3.06. The monoisotopic (exact) mass is 363 g/mol. The first-order valence-electron chi connectivity index (χ1n) is 4.86. The molecule has 0 aliphatic heterocycles. The molecule has 18 heavy (non-hydrogen) atoms. The van der Waals surface area contributed by atoms with Gasteiger partial charge in [-0.1, -0.05) is 6.07 Å². The van der Waals surface area contributed by atoms with E-state index < -0.39 is 11.6 Å². The fourth-order valence-corrected chi connectivity index (χ4v) is 1.78. The van der Waals surface area contributed by atoms with Crippen molar-refractivity contribution in [2.45, 2.75) is 0 Å². The molecule has 0 unspecified atom stereocenters. The number of ether oxygens (including phenoxy) is 1. The lowest BCUT2D eigenvalue weighted by Crippen LogP contribution is -2.11. The fourth-order valence-electron chi connectivity index (χ4n) is 1.26. The Hall–Kier alpha value is -1.48. The number of rotatable bonds is 3. The minimum absolute atomic E-state index is 0.281. The zero-order chi connectivity index (χ0) is 13.1. The Kier molecular flexibility index (Phi) is 3.92. The van der Waals surface area contributed by atoms with Crippen molar-refractivity contribution in [3.63, 3.8) is 0 Å². The summed E-state index contributed by atoms with van der Waals surface area (Å²) in [5, 5.41) is 0. The summed E-state index contributed by atoms with van der Waals surface area (Å²) >= 11 is 2.09. The van der Waals surface area contributed by atoms with Gasteiger partial charge in [0.1, 0.15) is 5.75 Å². The third kappa shape index (κ3) is 2.85. The van der Waals surface area contributed by atoms with Gasteiger partial charge in [0, 0.05) is 9.64 Å². The van der Waals surface area contributed by atoms with Crippen LogP contribution >= 0.6 is 22.6 Å².